The monoisotopic (exact) mass is 451 g/mol. The van der Waals surface area contributed by atoms with Crippen LogP contribution in [-0.4, -0.2) is 34.9 Å². The van der Waals surface area contributed by atoms with Gasteiger partial charge in [-0.25, -0.2) is 4.79 Å². The maximum absolute atomic E-state index is 11.9. The van der Waals surface area contributed by atoms with Crippen LogP contribution < -0.4 is 0 Å². The standard InChI is InChI=1S/C25H41NO6/c1-3-4-5-6-7-8-9-10-11-12-13-14-15-16-17-18-24(29)31-21(2)25(30)32-26-22(27)19-20-23(26)28/h10-11,21H,3-9,12-20H2,1-2H3/t21-/m0/s1. The van der Waals surface area contributed by atoms with E-state index in [1.807, 2.05) is 0 Å². The lowest BCUT2D eigenvalue weighted by Gasteiger charge is -2.16. The second kappa shape index (κ2) is 17.4. The third-order valence-corrected chi connectivity index (χ3v) is 5.47. The molecule has 1 atom stereocenters. The number of carbonyl (C=O) groups is 4. The smallest absolute Gasteiger partial charge is 0.373 e. The summed E-state index contributed by atoms with van der Waals surface area (Å²) in [5, 5.41) is 0.455. The summed E-state index contributed by atoms with van der Waals surface area (Å²) in [5.74, 6) is -2.53. The normalized spacial score (nSPS) is 14.9. The topological polar surface area (TPSA) is 90.0 Å². The van der Waals surface area contributed by atoms with Crippen molar-refractivity contribution in [2.45, 2.75) is 123 Å². The molecule has 0 unspecified atom stereocenters. The van der Waals surface area contributed by atoms with Crippen LogP contribution in [0.5, 0.6) is 0 Å². The van der Waals surface area contributed by atoms with E-state index in [0.29, 0.717) is 11.5 Å². The number of hydrogen-bond donors (Lipinski definition) is 0. The van der Waals surface area contributed by atoms with Crippen LogP contribution >= 0.6 is 0 Å². The van der Waals surface area contributed by atoms with E-state index < -0.39 is 29.9 Å². The number of esters is 1. The first-order chi connectivity index (χ1) is 15.5. The molecule has 7 nitrogen and oxygen atoms in total. The summed E-state index contributed by atoms with van der Waals surface area (Å²) in [6.07, 6.45) is 19.0. The summed E-state index contributed by atoms with van der Waals surface area (Å²) in [6, 6.07) is 0. The van der Waals surface area contributed by atoms with E-state index in [-0.39, 0.29) is 19.3 Å². The number of hydroxylamine groups is 2. The van der Waals surface area contributed by atoms with Crippen LogP contribution in [-0.2, 0) is 28.8 Å². The van der Waals surface area contributed by atoms with Gasteiger partial charge in [0.2, 0.25) is 0 Å². The van der Waals surface area contributed by atoms with Crippen LogP contribution in [0, 0.1) is 0 Å². The van der Waals surface area contributed by atoms with E-state index in [0.717, 1.165) is 32.1 Å². The van der Waals surface area contributed by atoms with Crippen molar-refractivity contribution in [3.05, 3.63) is 12.2 Å². The van der Waals surface area contributed by atoms with Crippen LogP contribution in [0.1, 0.15) is 117 Å². The zero-order valence-corrected chi connectivity index (χ0v) is 19.9. The first-order valence-electron chi connectivity index (χ1n) is 12.4. The van der Waals surface area contributed by atoms with Gasteiger partial charge in [0.1, 0.15) is 0 Å². The Hall–Kier alpha value is -2.18. The summed E-state index contributed by atoms with van der Waals surface area (Å²) in [6.45, 7) is 3.61. The largest absolute Gasteiger partial charge is 0.451 e. The van der Waals surface area contributed by atoms with Gasteiger partial charge in [0.25, 0.3) is 11.8 Å². The lowest BCUT2D eigenvalue weighted by molar-refractivity contribution is -0.205. The van der Waals surface area contributed by atoms with E-state index in [9.17, 15) is 19.2 Å². The van der Waals surface area contributed by atoms with Crippen molar-refractivity contribution < 1.29 is 28.8 Å². The quantitative estimate of drug-likeness (QED) is 0.117. The average Bonchev–Trinajstić information content (AvgIpc) is 3.08. The van der Waals surface area contributed by atoms with E-state index in [1.165, 1.54) is 51.9 Å². The molecule has 0 aliphatic carbocycles. The molecule has 182 valence electrons. The van der Waals surface area contributed by atoms with E-state index in [4.69, 9.17) is 9.57 Å². The molecule has 32 heavy (non-hydrogen) atoms. The Labute approximate surface area is 192 Å². The summed E-state index contributed by atoms with van der Waals surface area (Å²) < 4.78 is 5.04. The molecule has 1 fully saturated rings. The number of carbonyl (C=O) groups excluding carboxylic acids is 4. The lowest BCUT2D eigenvalue weighted by Crippen LogP contribution is -2.37. The molecule has 0 radical (unpaired) electrons. The van der Waals surface area contributed by atoms with E-state index in [2.05, 4.69) is 19.1 Å². The molecule has 0 N–H and O–H groups in total. The third kappa shape index (κ3) is 12.6. The van der Waals surface area contributed by atoms with Crippen molar-refractivity contribution >= 4 is 23.8 Å². The number of amides is 2. The molecule has 0 aromatic carbocycles. The zero-order chi connectivity index (χ0) is 23.6. The van der Waals surface area contributed by atoms with Gasteiger partial charge in [0, 0.05) is 19.3 Å². The molecule has 0 spiro atoms. The Balaban J connectivity index is 1.96. The highest BCUT2D eigenvalue weighted by Gasteiger charge is 2.34. The van der Waals surface area contributed by atoms with Crippen molar-refractivity contribution in [2.24, 2.45) is 0 Å². The Morgan fingerprint density at radius 3 is 1.91 bits per heavy atom. The first kappa shape index (κ1) is 27.9. The number of hydrogen-bond acceptors (Lipinski definition) is 6. The number of imide groups is 1. The summed E-state index contributed by atoms with van der Waals surface area (Å²) in [5.41, 5.74) is 0. The van der Waals surface area contributed by atoms with Gasteiger partial charge in [0.05, 0.1) is 0 Å². The van der Waals surface area contributed by atoms with Gasteiger partial charge >= 0.3 is 11.9 Å². The first-order valence-corrected chi connectivity index (χ1v) is 12.4. The van der Waals surface area contributed by atoms with Crippen molar-refractivity contribution in [1.29, 1.82) is 0 Å². The van der Waals surface area contributed by atoms with E-state index >= 15 is 0 Å². The highest BCUT2D eigenvalue weighted by Crippen LogP contribution is 2.14. The van der Waals surface area contributed by atoms with Gasteiger partial charge in [0.15, 0.2) is 6.10 Å². The maximum Gasteiger partial charge on any atom is 0.373 e. The fraction of sp³-hybridized carbons (Fsp3) is 0.760. The molecule has 1 aliphatic rings. The SMILES string of the molecule is CCCCCCCCC=CCCCCCCCC(=O)O[C@@H](C)C(=O)ON1C(=O)CCC1=O. The van der Waals surface area contributed by atoms with Gasteiger partial charge in [-0.15, -0.1) is 5.06 Å². The molecule has 0 bridgehead atoms. The predicted octanol–water partition coefficient (Wildman–Crippen LogP) is 5.56. The second-order valence-electron chi connectivity index (χ2n) is 8.46. The molecular weight excluding hydrogens is 410 g/mol. The molecule has 0 saturated carbocycles. The second-order valence-corrected chi connectivity index (χ2v) is 8.46. The summed E-state index contributed by atoms with van der Waals surface area (Å²) in [7, 11) is 0. The minimum atomic E-state index is -1.16. The Morgan fingerprint density at radius 1 is 0.844 bits per heavy atom. The molecule has 1 saturated heterocycles. The van der Waals surface area contributed by atoms with Gasteiger partial charge in [-0.1, -0.05) is 70.4 Å². The Morgan fingerprint density at radius 2 is 1.34 bits per heavy atom. The van der Waals surface area contributed by atoms with Crippen molar-refractivity contribution in [3.8, 4) is 0 Å². The number of unbranched alkanes of at least 4 members (excludes halogenated alkanes) is 11. The highest BCUT2D eigenvalue weighted by molar-refractivity contribution is 6.01. The van der Waals surface area contributed by atoms with Crippen LogP contribution in [0.15, 0.2) is 12.2 Å². The summed E-state index contributed by atoms with van der Waals surface area (Å²) in [4.78, 5) is 51.4. The number of ether oxygens (including phenoxy) is 1. The Kier molecular flexibility index (Phi) is 15.1. The minimum Gasteiger partial charge on any atom is -0.451 e. The highest BCUT2D eigenvalue weighted by atomic mass is 16.7. The molecule has 0 aromatic heterocycles. The van der Waals surface area contributed by atoms with Crippen LogP contribution in [0.3, 0.4) is 0 Å². The number of nitrogens with zero attached hydrogens (tertiary/aromatic N) is 1. The fourth-order valence-electron chi connectivity index (χ4n) is 3.47. The van der Waals surface area contributed by atoms with Gasteiger partial charge in [-0.2, -0.15) is 0 Å². The van der Waals surface area contributed by atoms with Crippen LogP contribution in [0.25, 0.3) is 0 Å². The van der Waals surface area contributed by atoms with Gasteiger partial charge < -0.3 is 9.57 Å². The predicted molar refractivity (Wildman–Crippen MR) is 122 cm³/mol. The molecule has 0 aromatic rings. The Bertz CT molecular complexity index is 600. The third-order valence-electron chi connectivity index (χ3n) is 5.47. The average molecular weight is 452 g/mol. The molecule has 2 amide bonds. The molecule has 7 heteroatoms. The maximum atomic E-state index is 11.9. The van der Waals surface area contributed by atoms with Gasteiger partial charge in [-0.3, -0.25) is 14.4 Å². The number of allylic oxidation sites excluding steroid dienone is 2. The van der Waals surface area contributed by atoms with Crippen molar-refractivity contribution in [2.75, 3.05) is 0 Å². The van der Waals surface area contributed by atoms with Crippen LogP contribution in [0.4, 0.5) is 0 Å². The van der Waals surface area contributed by atoms with E-state index in [1.54, 1.807) is 0 Å². The number of rotatable bonds is 18. The van der Waals surface area contributed by atoms with Crippen LogP contribution in [0.2, 0.25) is 0 Å². The molecule has 1 aliphatic heterocycles. The van der Waals surface area contributed by atoms with Gasteiger partial charge in [-0.05, 0) is 39.0 Å². The van der Waals surface area contributed by atoms with Crippen molar-refractivity contribution in [1.82, 2.24) is 5.06 Å². The minimum absolute atomic E-state index is 0.0236. The molecular formula is C25H41NO6. The summed E-state index contributed by atoms with van der Waals surface area (Å²) >= 11 is 0. The zero-order valence-electron chi connectivity index (χ0n) is 19.9. The fourth-order valence-corrected chi connectivity index (χ4v) is 3.47. The molecule has 1 rings (SSSR count). The lowest BCUT2D eigenvalue weighted by atomic mass is 10.1. The van der Waals surface area contributed by atoms with Crippen molar-refractivity contribution in [3.63, 3.8) is 0 Å². The molecule has 1 heterocycles.